The molecule has 1 saturated heterocycles. The molecule has 0 saturated carbocycles. The molecule has 1 aliphatic rings. The van der Waals surface area contributed by atoms with Crippen molar-refractivity contribution in [2.24, 2.45) is 10.9 Å². The van der Waals surface area contributed by atoms with Crippen molar-refractivity contribution in [3.05, 3.63) is 12.7 Å². The van der Waals surface area contributed by atoms with Gasteiger partial charge in [-0.05, 0) is 44.7 Å². The molecule has 5 nitrogen and oxygen atoms in total. The van der Waals surface area contributed by atoms with Crippen LogP contribution in [0.5, 0.6) is 0 Å². The summed E-state index contributed by atoms with van der Waals surface area (Å²) in [5.74, 6) is 1.75. The summed E-state index contributed by atoms with van der Waals surface area (Å²) < 4.78 is 5.15. The second kappa shape index (κ2) is 14.0. The van der Waals surface area contributed by atoms with Crippen molar-refractivity contribution in [1.82, 2.24) is 15.1 Å². The summed E-state index contributed by atoms with van der Waals surface area (Å²) in [7, 11) is 5.74. The molecule has 136 valence electrons. The number of piperidine rings is 1. The van der Waals surface area contributed by atoms with Crippen LogP contribution in [0.15, 0.2) is 17.6 Å². The topological polar surface area (TPSA) is 40.1 Å². The first-order valence-corrected chi connectivity index (χ1v) is 8.45. The fourth-order valence-electron chi connectivity index (χ4n) is 2.83. The Morgan fingerprint density at radius 1 is 1.43 bits per heavy atom. The van der Waals surface area contributed by atoms with E-state index in [-0.39, 0.29) is 24.0 Å². The normalized spacial score (nSPS) is 16.7. The monoisotopic (exact) mass is 438 g/mol. The van der Waals surface area contributed by atoms with Crippen LogP contribution in [-0.4, -0.2) is 76.3 Å². The van der Waals surface area contributed by atoms with Gasteiger partial charge in [0.2, 0.25) is 0 Å². The van der Waals surface area contributed by atoms with Crippen molar-refractivity contribution in [3.63, 3.8) is 0 Å². The maximum absolute atomic E-state index is 5.15. The highest BCUT2D eigenvalue weighted by Crippen LogP contribution is 2.16. The Hall–Kier alpha value is -0.340. The number of likely N-dealkylation sites (tertiary alicyclic amines) is 1. The van der Waals surface area contributed by atoms with Crippen molar-refractivity contribution in [1.29, 1.82) is 0 Å². The number of allylic oxidation sites excluding steroid dienone is 1. The van der Waals surface area contributed by atoms with Gasteiger partial charge in [-0.15, -0.1) is 30.6 Å². The number of methoxy groups -OCH3 is 1. The maximum atomic E-state index is 5.15. The van der Waals surface area contributed by atoms with Crippen molar-refractivity contribution in [3.8, 4) is 0 Å². The number of aliphatic imine (C=N–C) groups is 1. The Labute approximate surface area is 159 Å². The van der Waals surface area contributed by atoms with E-state index in [4.69, 9.17) is 4.74 Å². The van der Waals surface area contributed by atoms with E-state index in [2.05, 4.69) is 33.7 Å². The first-order valence-electron chi connectivity index (χ1n) is 8.45. The van der Waals surface area contributed by atoms with Crippen LogP contribution >= 0.6 is 24.0 Å². The molecule has 0 spiro atoms. The van der Waals surface area contributed by atoms with E-state index in [0.29, 0.717) is 0 Å². The van der Waals surface area contributed by atoms with Gasteiger partial charge in [-0.2, -0.15) is 0 Å². The Kier molecular flexibility index (Phi) is 13.8. The number of unbranched alkanes of at least 4 members (excludes halogenated alkanes) is 1. The summed E-state index contributed by atoms with van der Waals surface area (Å²) in [4.78, 5) is 9.09. The molecule has 1 rings (SSSR count). The Balaban J connectivity index is 0.00000484. The summed E-state index contributed by atoms with van der Waals surface area (Å²) in [6.45, 7) is 10.1. The predicted octanol–water partition coefficient (Wildman–Crippen LogP) is 2.44. The van der Waals surface area contributed by atoms with Crippen molar-refractivity contribution in [2.45, 2.75) is 25.7 Å². The molecule has 1 aliphatic heterocycles. The minimum atomic E-state index is 0. The van der Waals surface area contributed by atoms with Crippen LogP contribution in [0.4, 0.5) is 0 Å². The van der Waals surface area contributed by atoms with Gasteiger partial charge in [-0.25, -0.2) is 0 Å². The Morgan fingerprint density at radius 3 is 2.70 bits per heavy atom. The number of nitrogens with zero attached hydrogens (tertiary/aromatic N) is 3. The summed E-state index contributed by atoms with van der Waals surface area (Å²) in [6.07, 6.45) is 6.67. The number of rotatable bonds is 9. The molecular weight excluding hydrogens is 403 g/mol. The summed E-state index contributed by atoms with van der Waals surface area (Å²) in [5, 5.41) is 3.53. The lowest BCUT2D eigenvalue weighted by Crippen LogP contribution is -2.44. The van der Waals surface area contributed by atoms with E-state index in [1.54, 1.807) is 7.11 Å². The first kappa shape index (κ1) is 22.7. The van der Waals surface area contributed by atoms with Gasteiger partial charge >= 0.3 is 0 Å². The van der Waals surface area contributed by atoms with Gasteiger partial charge in [0.15, 0.2) is 5.96 Å². The van der Waals surface area contributed by atoms with E-state index in [0.717, 1.165) is 51.0 Å². The van der Waals surface area contributed by atoms with Crippen molar-refractivity contribution >= 4 is 29.9 Å². The zero-order valence-corrected chi connectivity index (χ0v) is 17.4. The van der Waals surface area contributed by atoms with E-state index in [1.165, 1.54) is 25.9 Å². The van der Waals surface area contributed by atoms with E-state index in [1.807, 2.05) is 13.1 Å². The highest BCUT2D eigenvalue weighted by molar-refractivity contribution is 14.0. The highest BCUT2D eigenvalue weighted by atomic mass is 127. The zero-order chi connectivity index (χ0) is 16.2. The first-order chi connectivity index (χ1) is 10.7. The van der Waals surface area contributed by atoms with Gasteiger partial charge in [0, 0.05) is 40.8 Å². The van der Waals surface area contributed by atoms with Gasteiger partial charge < -0.3 is 19.9 Å². The maximum Gasteiger partial charge on any atom is 0.193 e. The Bertz CT molecular complexity index is 331. The standard InChI is InChI=1S/C17H34N4O.HI/c1-5-6-7-10-20(3)17(18-2)19-15-16-8-11-21(12-9-16)13-14-22-4;/h5,16H,1,6-15H2,2-4H3,(H,18,19);1H. The summed E-state index contributed by atoms with van der Waals surface area (Å²) >= 11 is 0. The molecule has 0 amide bonds. The lowest BCUT2D eigenvalue weighted by atomic mass is 9.97. The molecule has 0 radical (unpaired) electrons. The molecule has 0 bridgehead atoms. The van der Waals surface area contributed by atoms with Crippen LogP contribution in [0.25, 0.3) is 0 Å². The van der Waals surface area contributed by atoms with Crippen LogP contribution in [0, 0.1) is 5.92 Å². The van der Waals surface area contributed by atoms with E-state index in [9.17, 15) is 0 Å². The molecule has 0 unspecified atom stereocenters. The molecule has 1 heterocycles. The third-order valence-corrected chi connectivity index (χ3v) is 4.34. The zero-order valence-electron chi connectivity index (χ0n) is 15.1. The fraction of sp³-hybridized carbons (Fsp3) is 0.824. The van der Waals surface area contributed by atoms with E-state index >= 15 is 0 Å². The Morgan fingerprint density at radius 2 is 2.13 bits per heavy atom. The third-order valence-electron chi connectivity index (χ3n) is 4.34. The van der Waals surface area contributed by atoms with Gasteiger partial charge in [0.25, 0.3) is 0 Å². The van der Waals surface area contributed by atoms with Crippen LogP contribution < -0.4 is 5.32 Å². The molecule has 23 heavy (non-hydrogen) atoms. The number of hydrogen-bond donors (Lipinski definition) is 1. The lowest BCUT2D eigenvalue weighted by Gasteiger charge is -2.32. The molecule has 1 N–H and O–H groups in total. The number of ether oxygens (including phenoxy) is 1. The largest absolute Gasteiger partial charge is 0.383 e. The molecule has 0 aromatic heterocycles. The van der Waals surface area contributed by atoms with Gasteiger partial charge in [-0.3, -0.25) is 4.99 Å². The minimum Gasteiger partial charge on any atom is -0.383 e. The molecule has 0 aromatic rings. The average Bonchev–Trinajstić information content (AvgIpc) is 2.55. The number of halogens is 1. The van der Waals surface area contributed by atoms with Crippen molar-refractivity contribution < 1.29 is 4.74 Å². The smallest absolute Gasteiger partial charge is 0.193 e. The highest BCUT2D eigenvalue weighted by Gasteiger charge is 2.19. The molecular formula is C17H35IN4O. The average molecular weight is 438 g/mol. The van der Waals surface area contributed by atoms with E-state index < -0.39 is 0 Å². The van der Waals surface area contributed by atoms with Gasteiger partial charge in [-0.1, -0.05) is 6.08 Å². The molecule has 6 heteroatoms. The summed E-state index contributed by atoms with van der Waals surface area (Å²) in [5.41, 5.74) is 0. The fourth-order valence-corrected chi connectivity index (χ4v) is 2.83. The van der Waals surface area contributed by atoms with Crippen LogP contribution in [0.2, 0.25) is 0 Å². The van der Waals surface area contributed by atoms with Crippen LogP contribution in [-0.2, 0) is 4.74 Å². The second-order valence-electron chi connectivity index (χ2n) is 6.06. The van der Waals surface area contributed by atoms with Crippen LogP contribution in [0.1, 0.15) is 25.7 Å². The van der Waals surface area contributed by atoms with Gasteiger partial charge in [0.05, 0.1) is 6.61 Å². The molecule has 0 aliphatic carbocycles. The second-order valence-corrected chi connectivity index (χ2v) is 6.06. The minimum absolute atomic E-state index is 0. The van der Waals surface area contributed by atoms with Crippen molar-refractivity contribution in [2.75, 3.05) is 60.5 Å². The quantitative estimate of drug-likeness (QED) is 0.197. The molecule has 0 aromatic carbocycles. The predicted molar refractivity (Wildman–Crippen MR) is 110 cm³/mol. The lowest BCUT2D eigenvalue weighted by molar-refractivity contribution is 0.120. The summed E-state index contributed by atoms with van der Waals surface area (Å²) in [6, 6.07) is 0. The SMILES string of the molecule is C=CCCCN(C)C(=NC)NCC1CCN(CCOC)CC1.I. The van der Waals surface area contributed by atoms with Gasteiger partial charge in [0.1, 0.15) is 0 Å². The number of hydrogen-bond acceptors (Lipinski definition) is 3. The molecule has 0 atom stereocenters. The molecule has 1 fully saturated rings. The third kappa shape index (κ3) is 9.52. The van der Waals surface area contributed by atoms with Crippen LogP contribution in [0.3, 0.4) is 0 Å². The number of guanidine groups is 1. The number of nitrogens with one attached hydrogen (secondary N) is 1.